The van der Waals surface area contributed by atoms with Gasteiger partial charge in [0.1, 0.15) is 5.82 Å². The zero-order chi connectivity index (χ0) is 13.1. The molecule has 0 unspecified atom stereocenters. The molecule has 1 N–H and O–H groups in total. The molecule has 2 aromatic rings. The Labute approximate surface area is 112 Å². The zero-order valence-corrected chi connectivity index (χ0v) is 11.2. The highest BCUT2D eigenvalue weighted by Gasteiger charge is 2.09. The lowest BCUT2D eigenvalue weighted by Gasteiger charge is -2.08. The summed E-state index contributed by atoms with van der Waals surface area (Å²) < 4.78 is 2.67. The number of aryl methyl sites for hydroxylation is 1. The second kappa shape index (κ2) is 5.18. The van der Waals surface area contributed by atoms with Gasteiger partial charge >= 0.3 is 0 Å². The van der Waals surface area contributed by atoms with Gasteiger partial charge in [0.15, 0.2) is 0 Å². The van der Waals surface area contributed by atoms with Gasteiger partial charge in [0, 0.05) is 36.0 Å². The lowest BCUT2D eigenvalue weighted by molar-refractivity contribution is -0.384. The summed E-state index contributed by atoms with van der Waals surface area (Å²) in [6, 6.07) is 4.60. The van der Waals surface area contributed by atoms with E-state index in [2.05, 4.69) is 26.2 Å². The van der Waals surface area contributed by atoms with Crippen LogP contribution in [0.25, 0.3) is 0 Å². The lowest BCUT2D eigenvalue weighted by Crippen LogP contribution is -2.06. The maximum atomic E-state index is 10.7. The number of non-ortho nitro benzene ring substituents is 1. The highest BCUT2D eigenvalue weighted by Crippen LogP contribution is 2.27. The van der Waals surface area contributed by atoms with Crippen molar-refractivity contribution >= 4 is 27.3 Å². The van der Waals surface area contributed by atoms with Crippen molar-refractivity contribution < 1.29 is 4.92 Å². The third kappa shape index (κ3) is 2.67. The minimum absolute atomic E-state index is 0.0561. The van der Waals surface area contributed by atoms with Crippen molar-refractivity contribution in [2.75, 3.05) is 5.32 Å². The van der Waals surface area contributed by atoms with Crippen LogP contribution in [0.15, 0.2) is 35.1 Å². The molecule has 1 aromatic heterocycles. The molecule has 0 bridgehead atoms. The Bertz CT molecular complexity index is 582. The number of aromatic nitrogens is 2. The van der Waals surface area contributed by atoms with Crippen LogP contribution in [0.1, 0.15) is 5.82 Å². The monoisotopic (exact) mass is 310 g/mol. The van der Waals surface area contributed by atoms with Crippen LogP contribution in [-0.4, -0.2) is 14.5 Å². The van der Waals surface area contributed by atoms with Crippen molar-refractivity contribution in [2.24, 2.45) is 7.05 Å². The van der Waals surface area contributed by atoms with Gasteiger partial charge in [-0.05, 0) is 22.0 Å². The fourth-order valence-electron chi connectivity index (χ4n) is 1.50. The average Bonchev–Trinajstić information content (AvgIpc) is 2.73. The summed E-state index contributed by atoms with van der Waals surface area (Å²) in [4.78, 5) is 14.4. The Hall–Kier alpha value is -1.89. The number of benzene rings is 1. The van der Waals surface area contributed by atoms with Crippen molar-refractivity contribution in [1.82, 2.24) is 9.55 Å². The maximum Gasteiger partial charge on any atom is 0.271 e. The Morgan fingerprint density at radius 2 is 2.33 bits per heavy atom. The molecule has 0 fully saturated rings. The minimum Gasteiger partial charge on any atom is -0.377 e. The third-order valence-electron chi connectivity index (χ3n) is 2.52. The molecule has 0 saturated heterocycles. The number of nitrogens with zero attached hydrogens (tertiary/aromatic N) is 3. The summed E-state index contributed by atoms with van der Waals surface area (Å²) in [7, 11) is 1.90. The summed E-state index contributed by atoms with van der Waals surface area (Å²) in [5, 5.41) is 13.8. The van der Waals surface area contributed by atoms with E-state index in [1.165, 1.54) is 12.1 Å². The Kier molecular flexibility index (Phi) is 3.61. The van der Waals surface area contributed by atoms with E-state index in [1.807, 2.05) is 17.8 Å². The average molecular weight is 311 g/mol. The van der Waals surface area contributed by atoms with E-state index in [0.717, 1.165) is 10.3 Å². The zero-order valence-electron chi connectivity index (χ0n) is 9.63. The Balaban J connectivity index is 2.16. The SMILES string of the molecule is Cn1ccnc1CNc1cc([N+](=O)[O-])ccc1Br. The smallest absolute Gasteiger partial charge is 0.271 e. The molecule has 94 valence electrons. The highest BCUT2D eigenvalue weighted by molar-refractivity contribution is 9.10. The van der Waals surface area contributed by atoms with E-state index in [9.17, 15) is 10.1 Å². The Morgan fingerprint density at radius 3 is 2.94 bits per heavy atom. The maximum absolute atomic E-state index is 10.7. The molecule has 0 aliphatic carbocycles. The fourth-order valence-corrected chi connectivity index (χ4v) is 1.89. The largest absolute Gasteiger partial charge is 0.377 e. The quantitative estimate of drug-likeness (QED) is 0.696. The number of halogens is 1. The van der Waals surface area contributed by atoms with Gasteiger partial charge in [-0.1, -0.05) is 0 Å². The summed E-state index contributed by atoms with van der Waals surface area (Å²) in [6.45, 7) is 0.503. The molecule has 7 heteroatoms. The molecule has 0 atom stereocenters. The number of hydrogen-bond donors (Lipinski definition) is 1. The van der Waals surface area contributed by atoms with Crippen LogP contribution < -0.4 is 5.32 Å². The van der Waals surface area contributed by atoms with Crippen molar-refractivity contribution in [3.05, 3.63) is 51.0 Å². The van der Waals surface area contributed by atoms with Crippen LogP contribution in [0.5, 0.6) is 0 Å². The Morgan fingerprint density at radius 1 is 1.56 bits per heavy atom. The minimum atomic E-state index is -0.418. The molecule has 0 amide bonds. The van der Waals surface area contributed by atoms with E-state index >= 15 is 0 Å². The number of hydrogen-bond acceptors (Lipinski definition) is 4. The molecule has 0 aliphatic rings. The van der Waals surface area contributed by atoms with Gasteiger partial charge < -0.3 is 9.88 Å². The van der Waals surface area contributed by atoms with Gasteiger partial charge in [0.05, 0.1) is 17.2 Å². The first-order chi connectivity index (χ1) is 8.58. The number of nitro benzene ring substituents is 1. The van der Waals surface area contributed by atoms with Crippen LogP contribution >= 0.6 is 15.9 Å². The molecular weight excluding hydrogens is 300 g/mol. The standard InChI is InChI=1S/C11H11BrN4O2/c1-15-5-4-13-11(15)7-14-10-6-8(16(17)18)2-3-9(10)12/h2-6,14H,7H2,1H3. The first-order valence-corrected chi connectivity index (χ1v) is 6.01. The molecule has 0 radical (unpaired) electrons. The molecule has 18 heavy (non-hydrogen) atoms. The van der Waals surface area contributed by atoms with Crippen LogP contribution in [-0.2, 0) is 13.6 Å². The molecule has 6 nitrogen and oxygen atoms in total. The van der Waals surface area contributed by atoms with E-state index in [4.69, 9.17) is 0 Å². The van der Waals surface area contributed by atoms with Crippen molar-refractivity contribution in [2.45, 2.75) is 6.54 Å². The number of nitrogens with one attached hydrogen (secondary N) is 1. The number of nitro groups is 1. The number of rotatable bonds is 4. The predicted molar refractivity (Wildman–Crippen MR) is 71.3 cm³/mol. The highest BCUT2D eigenvalue weighted by atomic mass is 79.9. The first kappa shape index (κ1) is 12.6. The summed E-state index contributed by atoms with van der Waals surface area (Å²) >= 11 is 3.35. The lowest BCUT2D eigenvalue weighted by atomic mass is 10.3. The molecule has 0 aliphatic heterocycles. The summed E-state index contributed by atoms with van der Waals surface area (Å²) in [5.74, 6) is 0.855. The van der Waals surface area contributed by atoms with Crippen molar-refractivity contribution in [1.29, 1.82) is 0 Å². The number of imidazole rings is 1. The van der Waals surface area contributed by atoms with Crippen LogP contribution in [0.3, 0.4) is 0 Å². The second-order valence-electron chi connectivity index (χ2n) is 3.73. The molecule has 2 rings (SSSR count). The predicted octanol–water partition coefficient (Wildman–Crippen LogP) is 2.70. The van der Waals surface area contributed by atoms with Gasteiger partial charge in [-0.25, -0.2) is 4.98 Å². The van der Waals surface area contributed by atoms with Crippen LogP contribution in [0, 0.1) is 10.1 Å². The molecular formula is C11H11BrN4O2. The molecule has 1 heterocycles. The third-order valence-corrected chi connectivity index (χ3v) is 3.21. The summed E-state index contributed by atoms with van der Waals surface area (Å²) in [6.07, 6.45) is 3.55. The van der Waals surface area contributed by atoms with E-state index in [1.54, 1.807) is 12.3 Å². The van der Waals surface area contributed by atoms with E-state index < -0.39 is 4.92 Å². The van der Waals surface area contributed by atoms with E-state index in [-0.39, 0.29) is 5.69 Å². The van der Waals surface area contributed by atoms with Crippen LogP contribution in [0.2, 0.25) is 0 Å². The van der Waals surface area contributed by atoms with E-state index in [0.29, 0.717) is 12.2 Å². The van der Waals surface area contributed by atoms with Crippen molar-refractivity contribution in [3.8, 4) is 0 Å². The topological polar surface area (TPSA) is 73.0 Å². The molecule has 0 spiro atoms. The molecule has 1 aromatic carbocycles. The second-order valence-corrected chi connectivity index (χ2v) is 4.58. The molecule has 0 saturated carbocycles. The normalized spacial score (nSPS) is 10.3. The summed E-state index contributed by atoms with van der Waals surface area (Å²) in [5.41, 5.74) is 0.729. The van der Waals surface area contributed by atoms with Crippen LogP contribution in [0.4, 0.5) is 11.4 Å². The van der Waals surface area contributed by atoms with Gasteiger partial charge in [0.25, 0.3) is 5.69 Å². The van der Waals surface area contributed by atoms with Gasteiger partial charge in [-0.2, -0.15) is 0 Å². The van der Waals surface area contributed by atoms with Gasteiger partial charge in [0.2, 0.25) is 0 Å². The fraction of sp³-hybridized carbons (Fsp3) is 0.182. The first-order valence-electron chi connectivity index (χ1n) is 5.22. The van der Waals surface area contributed by atoms with Gasteiger partial charge in [-0.3, -0.25) is 10.1 Å². The van der Waals surface area contributed by atoms with Crippen molar-refractivity contribution in [3.63, 3.8) is 0 Å². The van der Waals surface area contributed by atoms with Gasteiger partial charge in [-0.15, -0.1) is 0 Å². The number of anilines is 1.